The van der Waals surface area contributed by atoms with Crippen molar-refractivity contribution in [2.24, 2.45) is 0 Å². The topological polar surface area (TPSA) is 68.0 Å². The van der Waals surface area contributed by atoms with E-state index in [1.165, 1.54) is 16.5 Å². The summed E-state index contributed by atoms with van der Waals surface area (Å²) in [5.74, 6) is 0.746. The Balaban J connectivity index is 1.23. The third kappa shape index (κ3) is 4.70. The number of para-hydroxylation sites is 1. The van der Waals surface area contributed by atoms with E-state index in [1.54, 1.807) is 0 Å². The zero-order valence-corrected chi connectivity index (χ0v) is 17.4. The van der Waals surface area contributed by atoms with Gasteiger partial charge in [-0.3, -0.25) is 9.89 Å². The van der Waals surface area contributed by atoms with Gasteiger partial charge >= 0.3 is 0 Å². The molecular formula is C23H31N5O. The molecule has 1 aliphatic rings. The molecule has 29 heavy (non-hydrogen) atoms. The van der Waals surface area contributed by atoms with Crippen molar-refractivity contribution < 1.29 is 4.79 Å². The molecule has 1 aliphatic heterocycles. The number of fused-ring (bicyclic) bond motifs is 1. The summed E-state index contributed by atoms with van der Waals surface area (Å²) in [4.78, 5) is 20.1. The summed E-state index contributed by atoms with van der Waals surface area (Å²) >= 11 is 0. The molecule has 3 aromatic rings. The highest BCUT2D eigenvalue weighted by atomic mass is 16.2. The molecule has 1 amide bonds. The molecule has 2 N–H and O–H groups in total. The molecule has 0 aliphatic carbocycles. The molecule has 3 heterocycles. The first-order valence-corrected chi connectivity index (χ1v) is 10.6. The highest BCUT2D eigenvalue weighted by Gasteiger charge is 2.25. The standard InChI is InChI=1S/C23H31N5O/c1-27(2)16-19-14-22(26-25-19)17-10-12-28(13-11-17)23(29)9-5-6-18-15-24-21-8-4-3-7-20(18)21/h3-4,7-8,14-15,17,24H,5-6,9-13,16H2,1-2H3,(H,25,26). The maximum Gasteiger partial charge on any atom is 0.222 e. The van der Waals surface area contributed by atoms with Crippen LogP contribution in [-0.4, -0.2) is 58.1 Å². The normalized spacial score (nSPS) is 15.5. The minimum absolute atomic E-state index is 0.290. The lowest BCUT2D eigenvalue weighted by Crippen LogP contribution is -2.37. The molecule has 2 aromatic heterocycles. The number of H-pyrrole nitrogens is 2. The quantitative estimate of drug-likeness (QED) is 0.643. The second-order valence-electron chi connectivity index (χ2n) is 8.42. The van der Waals surface area contributed by atoms with Gasteiger partial charge in [0.1, 0.15) is 0 Å². The molecule has 1 aromatic carbocycles. The molecule has 6 heteroatoms. The average molecular weight is 394 g/mol. The van der Waals surface area contributed by atoms with Crippen LogP contribution in [0.15, 0.2) is 36.5 Å². The van der Waals surface area contributed by atoms with E-state index in [0.29, 0.717) is 18.2 Å². The minimum Gasteiger partial charge on any atom is -0.361 e. The van der Waals surface area contributed by atoms with Crippen LogP contribution in [0.2, 0.25) is 0 Å². The molecule has 0 spiro atoms. The number of piperidine rings is 1. The number of rotatable bonds is 7. The van der Waals surface area contributed by atoms with Gasteiger partial charge in [-0.25, -0.2) is 0 Å². The van der Waals surface area contributed by atoms with Gasteiger partial charge in [-0.2, -0.15) is 5.10 Å². The Morgan fingerprint density at radius 1 is 1.24 bits per heavy atom. The average Bonchev–Trinajstić information content (AvgIpc) is 3.35. The van der Waals surface area contributed by atoms with Crippen LogP contribution in [-0.2, 0) is 17.8 Å². The second-order valence-corrected chi connectivity index (χ2v) is 8.42. The summed E-state index contributed by atoms with van der Waals surface area (Å²) in [6, 6.07) is 10.5. The Bertz CT molecular complexity index is 949. The Morgan fingerprint density at radius 3 is 2.83 bits per heavy atom. The zero-order valence-electron chi connectivity index (χ0n) is 17.4. The van der Waals surface area contributed by atoms with Gasteiger partial charge in [0.25, 0.3) is 0 Å². The fraction of sp³-hybridized carbons (Fsp3) is 0.478. The summed E-state index contributed by atoms with van der Waals surface area (Å²) in [6.07, 6.45) is 6.54. The number of hydrogen-bond donors (Lipinski definition) is 2. The second kappa shape index (κ2) is 8.82. The number of benzene rings is 1. The summed E-state index contributed by atoms with van der Waals surface area (Å²) in [5, 5.41) is 8.93. The lowest BCUT2D eigenvalue weighted by Gasteiger charge is -2.31. The molecule has 154 valence electrons. The van der Waals surface area contributed by atoms with Crippen molar-refractivity contribution in [3.63, 3.8) is 0 Å². The maximum atomic E-state index is 12.6. The molecule has 1 saturated heterocycles. The number of likely N-dealkylation sites (tertiary alicyclic amines) is 1. The number of aromatic amines is 2. The van der Waals surface area contributed by atoms with Crippen molar-refractivity contribution in [3.05, 3.63) is 53.5 Å². The first kappa shape index (κ1) is 19.7. The number of nitrogens with zero attached hydrogens (tertiary/aromatic N) is 3. The van der Waals surface area contributed by atoms with Gasteiger partial charge in [0.05, 0.1) is 5.69 Å². The van der Waals surface area contributed by atoms with Gasteiger partial charge in [0.2, 0.25) is 5.91 Å². The van der Waals surface area contributed by atoms with Crippen LogP contribution < -0.4 is 0 Å². The van der Waals surface area contributed by atoms with Gasteiger partial charge in [-0.15, -0.1) is 0 Å². The highest BCUT2D eigenvalue weighted by Crippen LogP contribution is 2.28. The van der Waals surface area contributed by atoms with Crippen LogP contribution in [0, 0.1) is 0 Å². The third-order valence-electron chi connectivity index (χ3n) is 5.91. The summed E-state index contributed by atoms with van der Waals surface area (Å²) in [7, 11) is 4.12. The number of nitrogens with one attached hydrogen (secondary N) is 2. The van der Waals surface area contributed by atoms with Gasteiger partial charge < -0.3 is 14.8 Å². The number of carbonyl (C=O) groups is 1. The van der Waals surface area contributed by atoms with Gasteiger partial charge in [0.15, 0.2) is 0 Å². The smallest absolute Gasteiger partial charge is 0.222 e. The van der Waals surface area contributed by atoms with Crippen molar-refractivity contribution in [3.8, 4) is 0 Å². The number of amides is 1. The van der Waals surface area contributed by atoms with Gasteiger partial charge in [-0.05, 0) is 57.5 Å². The van der Waals surface area contributed by atoms with Crippen LogP contribution in [0.5, 0.6) is 0 Å². The van der Waals surface area contributed by atoms with E-state index in [2.05, 4.69) is 64.6 Å². The van der Waals surface area contributed by atoms with Crippen molar-refractivity contribution in [1.29, 1.82) is 0 Å². The van der Waals surface area contributed by atoms with E-state index < -0.39 is 0 Å². The van der Waals surface area contributed by atoms with Crippen molar-refractivity contribution in [2.45, 2.75) is 44.6 Å². The number of hydrogen-bond acceptors (Lipinski definition) is 3. The van der Waals surface area contributed by atoms with E-state index in [-0.39, 0.29) is 0 Å². The predicted molar refractivity (Wildman–Crippen MR) is 116 cm³/mol. The zero-order chi connectivity index (χ0) is 20.2. The molecule has 0 saturated carbocycles. The first-order chi connectivity index (χ1) is 14.1. The van der Waals surface area contributed by atoms with E-state index in [1.807, 2.05) is 11.0 Å². The van der Waals surface area contributed by atoms with Crippen molar-refractivity contribution >= 4 is 16.8 Å². The van der Waals surface area contributed by atoms with Crippen LogP contribution in [0.25, 0.3) is 10.9 Å². The Kier molecular flexibility index (Phi) is 6.00. The molecule has 4 rings (SSSR count). The maximum absolute atomic E-state index is 12.6. The lowest BCUT2D eigenvalue weighted by molar-refractivity contribution is -0.132. The fourth-order valence-electron chi connectivity index (χ4n) is 4.36. The first-order valence-electron chi connectivity index (χ1n) is 10.6. The van der Waals surface area contributed by atoms with Crippen LogP contribution in [0.3, 0.4) is 0 Å². The summed E-state index contributed by atoms with van der Waals surface area (Å²) in [5.41, 5.74) is 4.77. The third-order valence-corrected chi connectivity index (χ3v) is 5.91. The molecule has 0 atom stereocenters. The highest BCUT2D eigenvalue weighted by molar-refractivity contribution is 5.83. The molecule has 0 radical (unpaired) electrons. The van der Waals surface area contributed by atoms with Crippen LogP contribution in [0.1, 0.15) is 48.6 Å². The molecule has 1 fully saturated rings. The lowest BCUT2D eigenvalue weighted by atomic mass is 9.93. The van der Waals surface area contributed by atoms with Crippen LogP contribution in [0.4, 0.5) is 0 Å². The largest absolute Gasteiger partial charge is 0.361 e. The Labute approximate surface area is 172 Å². The van der Waals surface area contributed by atoms with Crippen LogP contribution >= 0.6 is 0 Å². The minimum atomic E-state index is 0.290. The van der Waals surface area contributed by atoms with Gasteiger partial charge in [-0.1, -0.05) is 18.2 Å². The summed E-state index contributed by atoms with van der Waals surface area (Å²) < 4.78 is 0. The monoisotopic (exact) mass is 393 g/mol. The number of aromatic nitrogens is 3. The van der Waals surface area contributed by atoms with Crippen molar-refractivity contribution in [1.82, 2.24) is 25.0 Å². The van der Waals surface area contributed by atoms with Crippen molar-refractivity contribution in [2.75, 3.05) is 27.2 Å². The summed E-state index contributed by atoms with van der Waals surface area (Å²) in [6.45, 7) is 2.56. The molecular weight excluding hydrogens is 362 g/mol. The van der Waals surface area contributed by atoms with Gasteiger partial charge in [0, 0.05) is 54.8 Å². The molecule has 0 bridgehead atoms. The van der Waals surface area contributed by atoms with E-state index >= 15 is 0 Å². The van der Waals surface area contributed by atoms with E-state index in [4.69, 9.17) is 0 Å². The Morgan fingerprint density at radius 2 is 2.03 bits per heavy atom. The molecule has 6 nitrogen and oxygen atoms in total. The SMILES string of the molecule is CN(C)Cc1cc(C2CCN(C(=O)CCCc3c[nH]c4ccccc34)CC2)n[nH]1. The van der Waals surface area contributed by atoms with E-state index in [9.17, 15) is 4.79 Å². The fourth-order valence-corrected chi connectivity index (χ4v) is 4.36. The predicted octanol–water partition coefficient (Wildman–Crippen LogP) is 3.68. The molecule has 0 unspecified atom stereocenters. The number of carbonyl (C=O) groups excluding carboxylic acids is 1. The Hall–Kier alpha value is -2.60. The van der Waals surface area contributed by atoms with E-state index in [0.717, 1.165) is 56.7 Å². The number of aryl methyl sites for hydroxylation is 1.